The number of hydrogen-bond donors (Lipinski definition) is 1. The Bertz CT molecular complexity index is 1330. The molecular weight excluding hydrogens is 408 g/mol. The first kappa shape index (κ1) is 21.6. The Morgan fingerprint density at radius 1 is 1.06 bits per heavy atom. The summed E-state index contributed by atoms with van der Waals surface area (Å²) in [5, 5.41) is 5.48. The van der Waals surface area contributed by atoms with Gasteiger partial charge < -0.3 is 19.0 Å². The maximum atomic E-state index is 13.3. The fourth-order valence-electron chi connectivity index (χ4n) is 3.91. The quantitative estimate of drug-likeness (QED) is 0.413. The van der Waals surface area contributed by atoms with Gasteiger partial charge in [0.2, 0.25) is 0 Å². The lowest BCUT2D eigenvalue weighted by Crippen LogP contribution is -2.24. The van der Waals surface area contributed by atoms with Crippen molar-refractivity contribution in [3.8, 4) is 11.1 Å². The lowest BCUT2D eigenvalue weighted by atomic mass is 9.97. The van der Waals surface area contributed by atoms with Crippen LogP contribution in [-0.4, -0.2) is 34.3 Å². The van der Waals surface area contributed by atoms with Crippen LogP contribution in [0.2, 0.25) is 0 Å². The maximum absolute atomic E-state index is 13.3. The third-order valence-corrected chi connectivity index (χ3v) is 5.15. The van der Waals surface area contributed by atoms with E-state index in [1.54, 1.807) is 25.1 Å². The number of H-pyrrole nitrogens is 1. The molecule has 0 saturated carbocycles. The monoisotopic (exact) mass is 434 g/mol. The minimum absolute atomic E-state index is 0.286. The zero-order valence-electron chi connectivity index (χ0n) is 19.1. The first-order valence-electron chi connectivity index (χ1n) is 10.5. The van der Waals surface area contributed by atoms with E-state index < -0.39 is 17.5 Å². The van der Waals surface area contributed by atoms with Crippen LogP contribution in [0.3, 0.4) is 0 Å². The second-order valence-electron chi connectivity index (χ2n) is 8.75. The molecule has 0 bridgehead atoms. The van der Waals surface area contributed by atoms with Crippen LogP contribution >= 0.6 is 0 Å². The Labute approximate surface area is 185 Å². The number of aromatic amines is 1. The SMILES string of the molecule is CCOC(=O)c1ccc2[nH]c3cc(-c4c(C)noc4C)cc(C(=O)OC(C)(C)C)c3c2c1. The summed E-state index contributed by atoms with van der Waals surface area (Å²) in [5.41, 5.74) is 4.08. The molecular formula is C25H26N2O5. The Morgan fingerprint density at radius 3 is 2.44 bits per heavy atom. The first-order chi connectivity index (χ1) is 15.1. The molecule has 0 amide bonds. The number of fused-ring (bicyclic) bond motifs is 3. The van der Waals surface area contributed by atoms with Crippen LogP contribution in [0.1, 0.15) is 59.9 Å². The number of nitrogens with zero attached hydrogens (tertiary/aromatic N) is 1. The van der Waals surface area contributed by atoms with Crippen LogP contribution in [0.5, 0.6) is 0 Å². The van der Waals surface area contributed by atoms with E-state index in [0.717, 1.165) is 33.2 Å². The van der Waals surface area contributed by atoms with Gasteiger partial charge in [0.25, 0.3) is 0 Å². The van der Waals surface area contributed by atoms with Gasteiger partial charge in [0.1, 0.15) is 11.4 Å². The Balaban J connectivity index is 2.01. The molecule has 2 heterocycles. The van der Waals surface area contributed by atoms with Crippen LogP contribution in [0.25, 0.3) is 32.9 Å². The average molecular weight is 434 g/mol. The number of rotatable bonds is 4. The van der Waals surface area contributed by atoms with Crippen LogP contribution < -0.4 is 0 Å². The second-order valence-corrected chi connectivity index (χ2v) is 8.75. The van der Waals surface area contributed by atoms with Crippen molar-refractivity contribution < 1.29 is 23.6 Å². The summed E-state index contributed by atoms with van der Waals surface area (Å²) in [7, 11) is 0. The van der Waals surface area contributed by atoms with E-state index in [9.17, 15) is 9.59 Å². The van der Waals surface area contributed by atoms with Gasteiger partial charge in [0, 0.05) is 27.4 Å². The van der Waals surface area contributed by atoms with E-state index in [1.807, 2.05) is 46.8 Å². The van der Waals surface area contributed by atoms with Gasteiger partial charge in [-0.3, -0.25) is 0 Å². The fraction of sp³-hybridized carbons (Fsp3) is 0.320. The average Bonchev–Trinajstić information content (AvgIpc) is 3.24. The van der Waals surface area contributed by atoms with Crippen molar-refractivity contribution in [3.63, 3.8) is 0 Å². The van der Waals surface area contributed by atoms with Crippen molar-refractivity contribution in [2.24, 2.45) is 0 Å². The molecule has 2 aromatic carbocycles. The predicted octanol–water partition coefficient (Wildman–Crippen LogP) is 5.72. The summed E-state index contributed by atoms with van der Waals surface area (Å²) in [5.74, 6) is -0.189. The number of nitrogens with one attached hydrogen (secondary N) is 1. The van der Waals surface area contributed by atoms with Gasteiger partial charge in [-0.15, -0.1) is 0 Å². The maximum Gasteiger partial charge on any atom is 0.339 e. The number of aromatic nitrogens is 2. The second kappa shape index (κ2) is 7.82. The molecule has 32 heavy (non-hydrogen) atoms. The standard InChI is InChI=1S/C25H26N2O5/c1-7-30-23(28)15-8-9-19-17(10-15)22-18(24(29)31-25(4,5)6)11-16(12-20(22)26-19)21-13(2)27-32-14(21)3/h8-12,26H,7H2,1-6H3. The van der Waals surface area contributed by atoms with E-state index in [2.05, 4.69) is 10.1 Å². The van der Waals surface area contributed by atoms with Crippen molar-refractivity contribution in [3.05, 3.63) is 52.9 Å². The lowest BCUT2D eigenvalue weighted by Gasteiger charge is -2.20. The largest absolute Gasteiger partial charge is 0.462 e. The van der Waals surface area contributed by atoms with Crippen LogP contribution in [-0.2, 0) is 9.47 Å². The van der Waals surface area contributed by atoms with Crippen LogP contribution in [0.4, 0.5) is 0 Å². The summed E-state index contributed by atoms with van der Waals surface area (Å²) >= 11 is 0. The van der Waals surface area contributed by atoms with Crippen molar-refractivity contribution in [1.82, 2.24) is 10.1 Å². The van der Waals surface area contributed by atoms with Gasteiger partial charge in [-0.1, -0.05) is 5.16 Å². The number of esters is 2. The zero-order chi connectivity index (χ0) is 23.2. The molecule has 4 aromatic rings. The highest BCUT2D eigenvalue weighted by Gasteiger charge is 2.24. The van der Waals surface area contributed by atoms with E-state index in [0.29, 0.717) is 22.3 Å². The predicted molar refractivity (Wildman–Crippen MR) is 122 cm³/mol. The number of hydrogen-bond acceptors (Lipinski definition) is 6. The zero-order valence-corrected chi connectivity index (χ0v) is 19.1. The van der Waals surface area contributed by atoms with Crippen molar-refractivity contribution in [1.29, 1.82) is 0 Å². The molecule has 7 heteroatoms. The topological polar surface area (TPSA) is 94.4 Å². The molecule has 0 fully saturated rings. The molecule has 4 rings (SSSR count). The summed E-state index contributed by atoms with van der Waals surface area (Å²) < 4.78 is 16.2. The summed E-state index contributed by atoms with van der Waals surface area (Å²) in [6.07, 6.45) is 0. The van der Waals surface area contributed by atoms with E-state index in [4.69, 9.17) is 14.0 Å². The van der Waals surface area contributed by atoms with Gasteiger partial charge in [-0.2, -0.15) is 0 Å². The van der Waals surface area contributed by atoms with E-state index in [1.165, 1.54) is 0 Å². The number of carbonyl (C=O) groups is 2. The van der Waals surface area contributed by atoms with Crippen LogP contribution in [0.15, 0.2) is 34.9 Å². The number of aryl methyl sites for hydroxylation is 2. The molecule has 0 radical (unpaired) electrons. The summed E-state index contributed by atoms with van der Waals surface area (Å²) in [4.78, 5) is 28.9. The third kappa shape index (κ3) is 3.86. The van der Waals surface area contributed by atoms with Crippen molar-refractivity contribution in [2.75, 3.05) is 6.61 Å². The van der Waals surface area contributed by atoms with Gasteiger partial charge in [-0.25, -0.2) is 9.59 Å². The molecule has 0 spiro atoms. The molecule has 1 N–H and O–H groups in total. The van der Waals surface area contributed by atoms with Gasteiger partial charge in [0.15, 0.2) is 0 Å². The van der Waals surface area contributed by atoms with Gasteiger partial charge >= 0.3 is 11.9 Å². The smallest absolute Gasteiger partial charge is 0.339 e. The molecule has 0 unspecified atom stereocenters. The minimum atomic E-state index is -0.662. The highest BCUT2D eigenvalue weighted by Crippen LogP contribution is 2.36. The highest BCUT2D eigenvalue weighted by atomic mass is 16.6. The third-order valence-electron chi connectivity index (χ3n) is 5.15. The molecule has 166 valence electrons. The molecule has 0 atom stereocenters. The number of carbonyl (C=O) groups excluding carboxylic acids is 2. The fourth-order valence-corrected chi connectivity index (χ4v) is 3.91. The highest BCUT2D eigenvalue weighted by molar-refractivity contribution is 6.18. The van der Waals surface area contributed by atoms with Gasteiger partial charge in [0.05, 0.1) is 23.4 Å². The molecule has 2 aromatic heterocycles. The molecule has 0 aliphatic carbocycles. The normalized spacial score (nSPS) is 11.8. The molecule has 7 nitrogen and oxygen atoms in total. The summed E-state index contributed by atoms with van der Waals surface area (Å²) in [6.45, 7) is 11.2. The van der Waals surface area contributed by atoms with E-state index >= 15 is 0 Å². The van der Waals surface area contributed by atoms with E-state index in [-0.39, 0.29) is 6.61 Å². The molecule has 0 aliphatic heterocycles. The Morgan fingerprint density at radius 2 is 1.81 bits per heavy atom. The van der Waals surface area contributed by atoms with Gasteiger partial charge in [-0.05, 0) is 77.4 Å². The first-order valence-corrected chi connectivity index (χ1v) is 10.5. The Kier molecular flexibility index (Phi) is 5.28. The lowest BCUT2D eigenvalue weighted by molar-refractivity contribution is 0.00717. The van der Waals surface area contributed by atoms with Crippen molar-refractivity contribution in [2.45, 2.75) is 47.1 Å². The number of benzene rings is 2. The van der Waals surface area contributed by atoms with Crippen molar-refractivity contribution >= 4 is 33.7 Å². The minimum Gasteiger partial charge on any atom is -0.462 e. The Hall–Kier alpha value is -3.61. The van der Waals surface area contributed by atoms with Crippen LogP contribution in [0, 0.1) is 13.8 Å². The summed E-state index contributed by atoms with van der Waals surface area (Å²) in [6, 6.07) is 9.02. The number of ether oxygens (including phenoxy) is 2. The molecule has 0 saturated heterocycles. The molecule has 0 aliphatic rings.